The van der Waals surface area contributed by atoms with Crippen LogP contribution < -0.4 is 15.8 Å². The lowest BCUT2D eigenvalue weighted by Gasteiger charge is -2.10. The fourth-order valence-corrected chi connectivity index (χ4v) is 1.42. The zero-order valence-corrected chi connectivity index (χ0v) is 14.1. The molecular weight excluding hydrogens is 398 g/mol. The normalized spacial score (nSPS) is 12.0. The van der Waals surface area contributed by atoms with Crippen LogP contribution in [0.4, 0.5) is 13.2 Å². The molecule has 0 heterocycles. The molecule has 0 saturated carbocycles. The second kappa shape index (κ2) is 8.96. The van der Waals surface area contributed by atoms with Crippen LogP contribution in [0, 0.1) is 0 Å². The number of benzene rings is 1. The van der Waals surface area contributed by atoms with Crippen LogP contribution in [-0.4, -0.2) is 24.8 Å². The Morgan fingerprint density at radius 1 is 1.38 bits per heavy atom. The van der Waals surface area contributed by atoms with Gasteiger partial charge in [-0.1, -0.05) is 12.1 Å². The number of nitrogens with two attached hydrogens (primary N) is 1. The van der Waals surface area contributed by atoms with Crippen molar-refractivity contribution in [2.75, 3.05) is 6.61 Å². The van der Waals surface area contributed by atoms with Crippen molar-refractivity contribution in [3.05, 3.63) is 29.8 Å². The molecule has 0 atom stereocenters. The lowest BCUT2D eigenvalue weighted by atomic mass is 10.2. The van der Waals surface area contributed by atoms with Gasteiger partial charge in [0.2, 0.25) is 0 Å². The summed E-state index contributed by atoms with van der Waals surface area (Å²) in [7, 11) is 0. The molecule has 1 aromatic carbocycles. The van der Waals surface area contributed by atoms with E-state index in [9.17, 15) is 13.2 Å². The van der Waals surface area contributed by atoms with E-state index in [1.807, 2.05) is 13.8 Å². The van der Waals surface area contributed by atoms with Crippen LogP contribution in [0.2, 0.25) is 0 Å². The monoisotopic (exact) mass is 417 g/mol. The average Bonchev–Trinajstić information content (AvgIpc) is 2.33. The van der Waals surface area contributed by atoms with Crippen molar-refractivity contribution in [1.82, 2.24) is 5.32 Å². The zero-order valence-electron chi connectivity index (χ0n) is 11.8. The van der Waals surface area contributed by atoms with Gasteiger partial charge in [0.15, 0.2) is 12.6 Å². The molecule has 4 nitrogen and oxygen atoms in total. The number of rotatable bonds is 5. The third-order valence-corrected chi connectivity index (χ3v) is 2.17. The summed E-state index contributed by atoms with van der Waals surface area (Å²) >= 11 is 0. The maximum Gasteiger partial charge on any atom is 0.422 e. The first kappa shape index (κ1) is 19.8. The quantitative estimate of drug-likeness (QED) is 0.440. The average molecular weight is 417 g/mol. The predicted molar refractivity (Wildman–Crippen MR) is 87.0 cm³/mol. The van der Waals surface area contributed by atoms with Gasteiger partial charge in [-0.05, 0) is 31.5 Å². The summed E-state index contributed by atoms with van der Waals surface area (Å²) in [6.07, 6.45) is -4.35. The molecule has 0 saturated heterocycles. The summed E-state index contributed by atoms with van der Waals surface area (Å²) in [5, 5.41) is 2.92. The molecule has 1 rings (SSSR count). The van der Waals surface area contributed by atoms with Gasteiger partial charge in [0, 0.05) is 6.04 Å². The summed E-state index contributed by atoms with van der Waals surface area (Å²) in [6, 6.07) is 6.50. The number of hydrogen-bond acceptors (Lipinski definition) is 2. The fraction of sp³-hybridized carbons (Fsp3) is 0.462. The van der Waals surface area contributed by atoms with E-state index in [0.29, 0.717) is 5.96 Å². The molecule has 0 amide bonds. The zero-order chi connectivity index (χ0) is 15.2. The lowest BCUT2D eigenvalue weighted by molar-refractivity contribution is -0.153. The van der Waals surface area contributed by atoms with E-state index < -0.39 is 12.8 Å². The molecule has 0 aliphatic heterocycles. The van der Waals surface area contributed by atoms with Crippen molar-refractivity contribution in [3.63, 3.8) is 0 Å². The Morgan fingerprint density at radius 2 is 2.05 bits per heavy atom. The number of hydrogen-bond donors (Lipinski definition) is 2. The third-order valence-electron chi connectivity index (χ3n) is 2.17. The first-order valence-electron chi connectivity index (χ1n) is 6.11. The Morgan fingerprint density at radius 3 is 2.62 bits per heavy atom. The van der Waals surface area contributed by atoms with Crippen molar-refractivity contribution >= 4 is 29.9 Å². The molecule has 3 N–H and O–H groups in total. The summed E-state index contributed by atoms with van der Waals surface area (Å²) in [5.41, 5.74) is 6.36. The number of nitrogens with one attached hydrogen (secondary N) is 1. The Balaban J connectivity index is 0.00000400. The van der Waals surface area contributed by atoms with Gasteiger partial charge in [-0.25, -0.2) is 4.99 Å². The maximum atomic E-state index is 12.0. The topological polar surface area (TPSA) is 59.6 Å². The largest absolute Gasteiger partial charge is 0.484 e. The number of halogens is 4. The van der Waals surface area contributed by atoms with Crippen LogP contribution in [0.5, 0.6) is 5.75 Å². The lowest BCUT2D eigenvalue weighted by Crippen LogP contribution is -2.36. The Bertz CT molecular complexity index is 464. The number of nitrogens with zero attached hydrogens (tertiary/aromatic N) is 1. The van der Waals surface area contributed by atoms with Crippen LogP contribution in [0.3, 0.4) is 0 Å². The molecule has 0 bridgehead atoms. The Hall–Kier alpha value is -1.19. The molecular formula is C13H19F3IN3O. The minimum Gasteiger partial charge on any atom is -0.484 e. The summed E-state index contributed by atoms with van der Waals surface area (Å²) < 4.78 is 40.8. The molecule has 0 aliphatic rings. The highest BCUT2D eigenvalue weighted by atomic mass is 127. The number of guanidine groups is 1. The molecule has 21 heavy (non-hydrogen) atoms. The van der Waals surface area contributed by atoms with Crippen LogP contribution in [0.15, 0.2) is 29.3 Å². The second-order valence-electron chi connectivity index (χ2n) is 4.55. The smallest absolute Gasteiger partial charge is 0.422 e. The van der Waals surface area contributed by atoms with Crippen molar-refractivity contribution in [2.45, 2.75) is 32.6 Å². The molecule has 0 radical (unpaired) electrons. The van der Waals surface area contributed by atoms with Crippen molar-refractivity contribution in [2.24, 2.45) is 10.7 Å². The predicted octanol–water partition coefficient (Wildman–Crippen LogP) is 3.06. The molecule has 0 aliphatic carbocycles. The minimum absolute atomic E-state index is 0. The van der Waals surface area contributed by atoms with E-state index in [-0.39, 0.29) is 42.3 Å². The molecule has 0 fully saturated rings. The van der Waals surface area contributed by atoms with Gasteiger partial charge in [-0.15, -0.1) is 24.0 Å². The van der Waals surface area contributed by atoms with Gasteiger partial charge in [-0.3, -0.25) is 0 Å². The van der Waals surface area contributed by atoms with Gasteiger partial charge in [-0.2, -0.15) is 13.2 Å². The molecule has 0 unspecified atom stereocenters. The van der Waals surface area contributed by atoms with Crippen molar-refractivity contribution < 1.29 is 17.9 Å². The number of ether oxygens (including phenoxy) is 1. The minimum atomic E-state index is -4.35. The van der Waals surface area contributed by atoms with Crippen molar-refractivity contribution in [1.29, 1.82) is 0 Å². The number of alkyl halides is 3. The highest BCUT2D eigenvalue weighted by Crippen LogP contribution is 2.19. The summed E-state index contributed by atoms with van der Waals surface area (Å²) in [4.78, 5) is 4.09. The third kappa shape index (κ3) is 9.38. The molecule has 0 aromatic heterocycles. The molecule has 120 valence electrons. The number of aliphatic imine (C=N–C) groups is 1. The SMILES string of the molecule is CC(C)NC(N)=NCc1cccc(OCC(F)(F)F)c1.I. The Labute approximate surface area is 139 Å². The van der Waals surface area contributed by atoms with Gasteiger partial charge < -0.3 is 15.8 Å². The highest BCUT2D eigenvalue weighted by molar-refractivity contribution is 14.0. The fourth-order valence-electron chi connectivity index (χ4n) is 1.42. The van der Waals surface area contributed by atoms with Crippen LogP contribution in [-0.2, 0) is 6.54 Å². The van der Waals surface area contributed by atoms with E-state index in [2.05, 4.69) is 15.0 Å². The highest BCUT2D eigenvalue weighted by Gasteiger charge is 2.28. The first-order valence-corrected chi connectivity index (χ1v) is 6.11. The van der Waals surface area contributed by atoms with Crippen molar-refractivity contribution in [3.8, 4) is 5.75 Å². The second-order valence-corrected chi connectivity index (χ2v) is 4.55. The first-order chi connectivity index (χ1) is 9.26. The van der Waals surface area contributed by atoms with E-state index in [1.54, 1.807) is 12.1 Å². The summed E-state index contributed by atoms with van der Waals surface area (Å²) in [5.74, 6) is 0.451. The Kier molecular flexibility index (Phi) is 8.45. The van der Waals surface area contributed by atoms with Crippen LogP contribution in [0.1, 0.15) is 19.4 Å². The van der Waals surface area contributed by atoms with Crippen LogP contribution >= 0.6 is 24.0 Å². The van der Waals surface area contributed by atoms with E-state index in [0.717, 1.165) is 5.56 Å². The van der Waals surface area contributed by atoms with E-state index >= 15 is 0 Å². The standard InChI is InChI=1S/C13H18F3N3O.HI/c1-9(2)19-12(17)18-7-10-4-3-5-11(6-10)20-8-13(14,15)16;/h3-6,9H,7-8H2,1-2H3,(H3,17,18,19);1H. The van der Waals surface area contributed by atoms with Crippen LogP contribution in [0.25, 0.3) is 0 Å². The molecule has 8 heteroatoms. The van der Waals surface area contributed by atoms with Gasteiger partial charge >= 0.3 is 6.18 Å². The van der Waals surface area contributed by atoms with Gasteiger partial charge in [0.25, 0.3) is 0 Å². The molecule has 1 aromatic rings. The summed E-state index contributed by atoms with van der Waals surface area (Å²) in [6.45, 7) is 2.81. The van der Waals surface area contributed by atoms with E-state index in [4.69, 9.17) is 5.73 Å². The maximum absolute atomic E-state index is 12.0. The van der Waals surface area contributed by atoms with Gasteiger partial charge in [0.05, 0.1) is 6.54 Å². The molecule has 0 spiro atoms. The van der Waals surface area contributed by atoms with E-state index in [1.165, 1.54) is 12.1 Å². The van der Waals surface area contributed by atoms with Gasteiger partial charge in [0.1, 0.15) is 5.75 Å².